The molecule has 3 aliphatic heterocycles. The fourth-order valence-electron chi connectivity index (χ4n) is 6.25. The molecular weight excluding hydrogens is 686 g/mol. The van der Waals surface area contributed by atoms with Gasteiger partial charge in [0.15, 0.2) is 37.2 Å². The van der Waals surface area contributed by atoms with E-state index in [2.05, 4.69) is 5.32 Å². The van der Waals surface area contributed by atoms with Crippen LogP contribution in [0.1, 0.15) is 52.0 Å². The Hall–Kier alpha value is -4.45. The fourth-order valence-corrected chi connectivity index (χ4v) is 6.25. The molecule has 3 heterocycles. The van der Waals surface area contributed by atoms with Crippen LogP contribution in [0.15, 0.2) is 60.7 Å². The Bertz CT molecular complexity index is 1540. The van der Waals surface area contributed by atoms with Crippen molar-refractivity contribution in [2.24, 2.45) is 0 Å². The van der Waals surface area contributed by atoms with Crippen molar-refractivity contribution in [3.8, 4) is 0 Å². The van der Waals surface area contributed by atoms with Crippen LogP contribution in [0.3, 0.4) is 0 Å². The number of carbonyl (C=O) groups excluding carboxylic acids is 5. The van der Waals surface area contributed by atoms with Crippen molar-refractivity contribution in [1.82, 2.24) is 5.32 Å². The number of esters is 4. The second-order valence-electron chi connectivity index (χ2n) is 12.4. The zero-order valence-electron chi connectivity index (χ0n) is 29.4. The summed E-state index contributed by atoms with van der Waals surface area (Å²) >= 11 is 0. The number of ether oxygens (including phenoxy) is 10. The second-order valence-corrected chi connectivity index (χ2v) is 12.4. The molecule has 0 aliphatic carbocycles. The van der Waals surface area contributed by atoms with Crippen LogP contribution in [0.5, 0.6) is 0 Å². The first kappa shape index (κ1) is 38.8. The molecule has 0 aromatic heterocycles. The summed E-state index contributed by atoms with van der Waals surface area (Å²) in [5, 5.41) is 2.86. The lowest BCUT2D eigenvalue weighted by molar-refractivity contribution is -0.379. The third-order valence-electron chi connectivity index (χ3n) is 8.28. The summed E-state index contributed by atoms with van der Waals surface area (Å²) in [6, 6.07) is 17.4. The van der Waals surface area contributed by atoms with Crippen LogP contribution in [-0.2, 0) is 77.9 Å². The van der Waals surface area contributed by atoms with Crippen molar-refractivity contribution in [2.45, 2.75) is 109 Å². The van der Waals surface area contributed by atoms with Gasteiger partial charge in [0.25, 0.3) is 0 Å². The molecule has 2 aromatic carbocycles. The minimum Gasteiger partial charge on any atom is -0.463 e. The maximum Gasteiger partial charge on any atom is 0.303 e. The smallest absolute Gasteiger partial charge is 0.303 e. The first-order valence-electron chi connectivity index (χ1n) is 16.8. The lowest BCUT2D eigenvalue weighted by Crippen LogP contribution is -2.70. The topological polar surface area (TPSA) is 190 Å². The number of carbonyl (C=O) groups is 5. The van der Waals surface area contributed by atoms with Gasteiger partial charge >= 0.3 is 23.9 Å². The average molecular weight is 730 g/mol. The predicted octanol–water partition coefficient (Wildman–Crippen LogP) is 2.02. The zero-order chi connectivity index (χ0) is 37.4. The molecule has 2 aromatic rings. The highest BCUT2D eigenvalue weighted by Gasteiger charge is 2.57. The normalized spacial score (nSPS) is 31.3. The molecule has 0 saturated carbocycles. The van der Waals surface area contributed by atoms with Gasteiger partial charge in [-0.05, 0) is 5.56 Å². The van der Waals surface area contributed by atoms with Crippen LogP contribution in [0.4, 0.5) is 0 Å². The Kier molecular flexibility index (Phi) is 13.3. The molecule has 0 bridgehead atoms. The standard InChI is InChI=1S/C36H43NO15/c1-19(38)37-28-31(52-36-33(48-23(5)42)32(47-22(4)41)30(46-21(3)40)26(50-36)17-43-20(2)39)29-27(18-45-34(51-29)25-14-10-7-11-15-25)49-35(28)44-16-24-12-8-6-9-13-24/h6-15,26-36H,16-18H2,1-5H3,(H,37,38)/t26-,27-,28-,29-,30+,31-,32+,33-,34-,35+,36+/m1/s1. The monoisotopic (exact) mass is 729 g/mol. The highest BCUT2D eigenvalue weighted by Crippen LogP contribution is 2.38. The van der Waals surface area contributed by atoms with E-state index < -0.39 is 104 Å². The van der Waals surface area contributed by atoms with Crippen LogP contribution in [0, 0.1) is 0 Å². The largest absolute Gasteiger partial charge is 0.463 e. The third kappa shape index (κ3) is 10.1. The van der Waals surface area contributed by atoms with Crippen molar-refractivity contribution >= 4 is 29.8 Å². The average Bonchev–Trinajstić information content (AvgIpc) is 3.10. The molecule has 5 rings (SSSR count). The van der Waals surface area contributed by atoms with Crippen molar-refractivity contribution in [2.75, 3.05) is 13.2 Å². The highest BCUT2D eigenvalue weighted by atomic mass is 16.8. The van der Waals surface area contributed by atoms with E-state index in [0.29, 0.717) is 5.56 Å². The number of rotatable bonds is 12. The van der Waals surface area contributed by atoms with Gasteiger partial charge < -0.3 is 52.7 Å². The third-order valence-corrected chi connectivity index (χ3v) is 8.28. The maximum atomic E-state index is 12.7. The molecule has 3 fully saturated rings. The van der Waals surface area contributed by atoms with E-state index in [1.54, 1.807) is 0 Å². The first-order chi connectivity index (χ1) is 24.9. The van der Waals surface area contributed by atoms with Crippen molar-refractivity contribution in [3.63, 3.8) is 0 Å². The Morgan fingerprint density at radius 1 is 0.692 bits per heavy atom. The number of nitrogens with one attached hydrogen (secondary N) is 1. The number of hydrogen-bond acceptors (Lipinski definition) is 15. The molecule has 3 saturated heterocycles. The summed E-state index contributed by atoms with van der Waals surface area (Å²) in [5.41, 5.74) is 1.53. The van der Waals surface area contributed by atoms with Gasteiger partial charge in [-0.3, -0.25) is 24.0 Å². The quantitative estimate of drug-likeness (QED) is 0.247. The van der Waals surface area contributed by atoms with E-state index in [9.17, 15) is 24.0 Å². The predicted molar refractivity (Wildman–Crippen MR) is 174 cm³/mol. The van der Waals surface area contributed by atoms with Gasteiger partial charge in [0, 0.05) is 40.2 Å². The van der Waals surface area contributed by atoms with Crippen LogP contribution >= 0.6 is 0 Å². The molecule has 16 nitrogen and oxygen atoms in total. The van der Waals surface area contributed by atoms with Crippen LogP contribution in [0.2, 0.25) is 0 Å². The Labute approximate surface area is 300 Å². The Balaban J connectivity index is 1.55. The van der Waals surface area contributed by atoms with Gasteiger partial charge in [-0.25, -0.2) is 0 Å². The second kappa shape index (κ2) is 17.9. The van der Waals surface area contributed by atoms with Gasteiger partial charge in [-0.15, -0.1) is 0 Å². The molecular formula is C36H43NO15. The van der Waals surface area contributed by atoms with Gasteiger partial charge in [0.05, 0.1) is 13.2 Å². The van der Waals surface area contributed by atoms with Crippen LogP contribution in [-0.4, -0.2) is 104 Å². The molecule has 52 heavy (non-hydrogen) atoms. The van der Waals surface area contributed by atoms with E-state index in [0.717, 1.165) is 26.3 Å². The molecule has 11 atom stereocenters. The van der Waals surface area contributed by atoms with Gasteiger partial charge in [-0.1, -0.05) is 60.7 Å². The number of hydrogen-bond donors (Lipinski definition) is 1. The van der Waals surface area contributed by atoms with E-state index in [1.807, 2.05) is 60.7 Å². The number of amides is 1. The summed E-state index contributed by atoms with van der Waals surface area (Å²) in [4.78, 5) is 61.8. The number of benzene rings is 2. The summed E-state index contributed by atoms with van der Waals surface area (Å²) in [6.07, 6.45) is -12.2. The van der Waals surface area contributed by atoms with Crippen molar-refractivity contribution < 1.29 is 71.3 Å². The molecule has 0 radical (unpaired) electrons. The molecule has 282 valence electrons. The van der Waals surface area contributed by atoms with Gasteiger partial charge in [0.2, 0.25) is 5.91 Å². The first-order valence-corrected chi connectivity index (χ1v) is 16.8. The van der Waals surface area contributed by atoms with Crippen molar-refractivity contribution in [1.29, 1.82) is 0 Å². The minimum atomic E-state index is -1.59. The van der Waals surface area contributed by atoms with Crippen LogP contribution in [0.25, 0.3) is 0 Å². The number of fused-ring (bicyclic) bond motifs is 1. The molecule has 3 aliphatic rings. The van der Waals surface area contributed by atoms with Gasteiger partial charge in [-0.2, -0.15) is 0 Å². The molecule has 0 unspecified atom stereocenters. The van der Waals surface area contributed by atoms with E-state index >= 15 is 0 Å². The Morgan fingerprint density at radius 2 is 1.31 bits per heavy atom. The molecule has 0 spiro atoms. The van der Waals surface area contributed by atoms with Gasteiger partial charge in [0.1, 0.15) is 37.1 Å². The minimum absolute atomic E-state index is 0.0284. The lowest BCUT2D eigenvalue weighted by atomic mass is 9.94. The summed E-state index contributed by atoms with van der Waals surface area (Å²) in [7, 11) is 0. The maximum absolute atomic E-state index is 12.7. The summed E-state index contributed by atoms with van der Waals surface area (Å²) in [6.45, 7) is 5.51. The Morgan fingerprint density at radius 3 is 1.92 bits per heavy atom. The molecule has 1 N–H and O–H groups in total. The molecule has 16 heteroatoms. The van der Waals surface area contributed by atoms with E-state index in [1.165, 1.54) is 13.8 Å². The van der Waals surface area contributed by atoms with Crippen LogP contribution < -0.4 is 5.32 Å². The van der Waals surface area contributed by atoms with E-state index in [4.69, 9.17) is 47.4 Å². The molecule has 1 amide bonds. The van der Waals surface area contributed by atoms with Crippen molar-refractivity contribution in [3.05, 3.63) is 71.8 Å². The summed E-state index contributed by atoms with van der Waals surface area (Å²) < 4.78 is 60.0. The zero-order valence-corrected chi connectivity index (χ0v) is 29.4. The highest BCUT2D eigenvalue weighted by molar-refractivity contribution is 5.73. The SMILES string of the molecule is CC(=O)N[C@H]1[C@@H](OCc2ccccc2)O[C@@H]2CO[C@@H](c3ccccc3)O[C@H]2[C@@H]1O[C@@H]1O[C@H](COC(C)=O)[C@H](OC(C)=O)[C@H](OC(C)=O)[C@H]1OC(C)=O. The fraction of sp³-hybridized carbons (Fsp3) is 0.528. The lowest BCUT2D eigenvalue weighted by Gasteiger charge is -2.51. The van der Waals surface area contributed by atoms with E-state index in [-0.39, 0.29) is 13.2 Å². The summed E-state index contributed by atoms with van der Waals surface area (Å²) in [5.74, 6) is -3.52.